The number of hydrogen-bond donors (Lipinski definition) is 1. The van der Waals surface area contributed by atoms with Gasteiger partial charge in [-0.05, 0) is 0 Å². The van der Waals surface area contributed by atoms with Crippen LogP contribution in [0.1, 0.15) is 0 Å². The minimum atomic E-state index is 0.789. The topological polar surface area (TPSA) is 55.1 Å². The van der Waals surface area contributed by atoms with Gasteiger partial charge in [0.25, 0.3) is 0 Å². The highest BCUT2D eigenvalue weighted by Crippen LogP contribution is 1.86. The van der Waals surface area contributed by atoms with Crippen LogP contribution in [0.2, 0.25) is 0 Å². The van der Waals surface area contributed by atoms with Crippen molar-refractivity contribution in [1.29, 1.82) is 0 Å². The van der Waals surface area contributed by atoms with E-state index in [4.69, 9.17) is 0 Å². The lowest BCUT2D eigenvalue weighted by molar-refractivity contribution is 0.873. The molecule has 1 aromatic heterocycles. The summed E-state index contributed by atoms with van der Waals surface area (Å²) in [6, 6.07) is 0. The van der Waals surface area contributed by atoms with Gasteiger partial charge in [-0.15, -0.1) is 0 Å². The summed E-state index contributed by atoms with van der Waals surface area (Å²) in [4.78, 5) is 7.94. The zero-order chi connectivity index (χ0) is 6.81. The molecule has 10 heavy (non-hydrogen) atoms. The predicted octanol–water partition coefficient (Wildman–Crippen LogP) is -0.915. The van der Waals surface area contributed by atoms with E-state index >= 15 is 0 Å². The average Bonchev–Trinajstić information content (AvgIpc) is 2.59. The molecule has 0 radical (unpaired) electrons. The second-order valence-electron chi connectivity index (χ2n) is 1.97. The molecule has 0 fully saturated rings. The van der Waals surface area contributed by atoms with Crippen LogP contribution in [0.15, 0.2) is 17.6 Å². The summed E-state index contributed by atoms with van der Waals surface area (Å²) in [5.41, 5.74) is 0. The number of nitrogens with one attached hydrogen (secondary N) is 1. The van der Waals surface area contributed by atoms with Crippen molar-refractivity contribution in [3.63, 3.8) is 0 Å². The molecule has 1 aromatic rings. The van der Waals surface area contributed by atoms with Crippen molar-refractivity contribution in [2.75, 3.05) is 13.1 Å². The van der Waals surface area contributed by atoms with E-state index in [2.05, 4.69) is 20.4 Å². The van der Waals surface area contributed by atoms with Crippen LogP contribution in [0, 0.1) is 0 Å². The Morgan fingerprint density at radius 2 is 2.60 bits per heavy atom. The van der Waals surface area contributed by atoms with Gasteiger partial charge in [0.2, 0.25) is 5.96 Å². The first kappa shape index (κ1) is 5.40. The highest BCUT2D eigenvalue weighted by atomic mass is 15.4. The Bertz CT molecular complexity index is 237. The molecule has 0 aliphatic carbocycles. The molecule has 0 saturated heterocycles. The molecule has 1 aliphatic heterocycles. The van der Waals surface area contributed by atoms with Crippen LogP contribution in [0.5, 0.6) is 0 Å². The second kappa shape index (κ2) is 2.09. The fourth-order valence-electron chi connectivity index (χ4n) is 0.856. The lowest BCUT2D eigenvalue weighted by Crippen LogP contribution is -2.26. The van der Waals surface area contributed by atoms with Crippen LogP contribution >= 0.6 is 0 Å². The van der Waals surface area contributed by atoms with E-state index in [1.807, 2.05) is 0 Å². The molecule has 1 aliphatic rings. The molecular formula is C5H7N5. The number of aromatic nitrogens is 3. The SMILES string of the molecule is c1ncn(C2=NCCN2)n1. The maximum Gasteiger partial charge on any atom is 0.220 e. The lowest BCUT2D eigenvalue weighted by atomic mass is 10.7. The van der Waals surface area contributed by atoms with Gasteiger partial charge in [0.1, 0.15) is 12.7 Å². The number of nitrogens with zero attached hydrogens (tertiary/aromatic N) is 4. The van der Waals surface area contributed by atoms with Gasteiger partial charge >= 0.3 is 0 Å². The Hall–Kier alpha value is -1.39. The molecule has 52 valence electrons. The lowest BCUT2D eigenvalue weighted by Gasteiger charge is -1.97. The monoisotopic (exact) mass is 137 g/mol. The van der Waals surface area contributed by atoms with Crippen molar-refractivity contribution >= 4 is 5.96 Å². The third-order valence-electron chi connectivity index (χ3n) is 1.29. The normalized spacial score (nSPS) is 16.6. The minimum Gasteiger partial charge on any atom is -0.353 e. The first-order valence-corrected chi connectivity index (χ1v) is 3.10. The molecule has 5 heteroatoms. The summed E-state index contributed by atoms with van der Waals surface area (Å²) >= 11 is 0. The molecule has 2 heterocycles. The van der Waals surface area contributed by atoms with Crippen molar-refractivity contribution in [3.8, 4) is 0 Å². The summed E-state index contributed by atoms with van der Waals surface area (Å²) in [5, 5.41) is 6.98. The van der Waals surface area contributed by atoms with E-state index in [0.29, 0.717) is 0 Å². The maximum absolute atomic E-state index is 4.14. The van der Waals surface area contributed by atoms with E-state index < -0.39 is 0 Å². The van der Waals surface area contributed by atoms with E-state index in [-0.39, 0.29) is 0 Å². The van der Waals surface area contributed by atoms with E-state index in [0.717, 1.165) is 19.0 Å². The molecule has 0 aromatic carbocycles. The number of hydrogen-bond acceptors (Lipinski definition) is 4. The fraction of sp³-hybridized carbons (Fsp3) is 0.400. The average molecular weight is 137 g/mol. The van der Waals surface area contributed by atoms with E-state index in [1.54, 1.807) is 11.0 Å². The highest BCUT2D eigenvalue weighted by molar-refractivity contribution is 5.82. The predicted molar refractivity (Wildman–Crippen MR) is 35.7 cm³/mol. The molecule has 5 nitrogen and oxygen atoms in total. The van der Waals surface area contributed by atoms with E-state index in [9.17, 15) is 0 Å². The van der Waals surface area contributed by atoms with Crippen LogP contribution in [0.4, 0.5) is 0 Å². The summed E-state index contributed by atoms with van der Waals surface area (Å²) in [5.74, 6) is 0.789. The van der Waals surface area contributed by atoms with Crippen LogP contribution in [-0.4, -0.2) is 33.8 Å². The Kier molecular flexibility index (Phi) is 1.13. The summed E-state index contributed by atoms with van der Waals surface area (Å²) < 4.78 is 1.62. The van der Waals surface area contributed by atoms with Crippen molar-refractivity contribution in [2.24, 2.45) is 4.99 Å². The molecule has 0 unspecified atom stereocenters. The molecule has 2 rings (SSSR count). The molecule has 0 saturated carbocycles. The zero-order valence-electron chi connectivity index (χ0n) is 5.36. The smallest absolute Gasteiger partial charge is 0.220 e. The van der Waals surface area contributed by atoms with E-state index in [1.165, 1.54) is 6.33 Å². The van der Waals surface area contributed by atoms with Gasteiger partial charge in [-0.1, -0.05) is 0 Å². The van der Waals surface area contributed by atoms with Gasteiger partial charge in [0.05, 0.1) is 6.54 Å². The first-order valence-electron chi connectivity index (χ1n) is 3.10. The van der Waals surface area contributed by atoms with Gasteiger partial charge in [-0.3, -0.25) is 0 Å². The maximum atomic E-state index is 4.14. The number of aliphatic imine (C=N–C) groups is 1. The number of rotatable bonds is 0. The third-order valence-corrected chi connectivity index (χ3v) is 1.29. The fourth-order valence-corrected chi connectivity index (χ4v) is 0.856. The Morgan fingerprint density at radius 1 is 1.60 bits per heavy atom. The van der Waals surface area contributed by atoms with Gasteiger partial charge in [-0.2, -0.15) is 9.78 Å². The van der Waals surface area contributed by atoms with Crippen molar-refractivity contribution in [1.82, 2.24) is 20.1 Å². The Labute approximate surface area is 57.8 Å². The quantitative estimate of drug-likeness (QED) is 0.503. The molecular weight excluding hydrogens is 130 g/mol. The van der Waals surface area contributed by atoms with Crippen molar-refractivity contribution < 1.29 is 0 Å². The van der Waals surface area contributed by atoms with Crippen LogP contribution in [0.25, 0.3) is 0 Å². The summed E-state index contributed by atoms with van der Waals surface area (Å²) in [6.07, 6.45) is 3.11. The molecule has 0 atom stereocenters. The molecule has 0 amide bonds. The van der Waals surface area contributed by atoms with Gasteiger partial charge in [0.15, 0.2) is 0 Å². The standard InChI is InChI=1S/C5H7N5/c1-2-8-5(7-1)10-4-6-3-9-10/h3-4H,1-2H2,(H,7,8). The highest BCUT2D eigenvalue weighted by Gasteiger charge is 2.05. The molecule has 0 spiro atoms. The van der Waals surface area contributed by atoms with Crippen LogP contribution in [0.3, 0.4) is 0 Å². The summed E-state index contributed by atoms with van der Waals surface area (Å²) in [7, 11) is 0. The zero-order valence-corrected chi connectivity index (χ0v) is 5.36. The van der Waals surface area contributed by atoms with Gasteiger partial charge in [-0.25, -0.2) is 9.98 Å². The van der Waals surface area contributed by atoms with Crippen molar-refractivity contribution in [3.05, 3.63) is 12.7 Å². The third kappa shape index (κ3) is 0.754. The minimum absolute atomic E-state index is 0.789. The van der Waals surface area contributed by atoms with Gasteiger partial charge < -0.3 is 5.32 Å². The summed E-state index contributed by atoms with van der Waals surface area (Å²) in [6.45, 7) is 1.73. The van der Waals surface area contributed by atoms with Crippen LogP contribution < -0.4 is 5.32 Å². The Morgan fingerprint density at radius 3 is 3.20 bits per heavy atom. The molecule has 1 N–H and O–H groups in total. The Balaban J connectivity index is 2.28. The largest absolute Gasteiger partial charge is 0.353 e. The van der Waals surface area contributed by atoms with Crippen molar-refractivity contribution in [2.45, 2.75) is 0 Å². The second-order valence-corrected chi connectivity index (χ2v) is 1.97. The van der Waals surface area contributed by atoms with Crippen LogP contribution in [-0.2, 0) is 0 Å². The molecule has 0 bridgehead atoms. The first-order chi connectivity index (χ1) is 4.97. The van der Waals surface area contributed by atoms with Gasteiger partial charge in [0, 0.05) is 6.54 Å².